The average Bonchev–Trinajstić information content (AvgIpc) is 2.89. The Labute approximate surface area is 199 Å². The average molecular weight is 456 g/mol. The van der Waals surface area contributed by atoms with Gasteiger partial charge in [0.2, 0.25) is 0 Å². The Morgan fingerprint density at radius 2 is 0.853 bits per heavy atom. The van der Waals surface area contributed by atoms with Crippen molar-refractivity contribution in [2.75, 3.05) is 41.7 Å². The van der Waals surface area contributed by atoms with Crippen LogP contribution in [-0.2, 0) is 0 Å². The van der Waals surface area contributed by atoms with E-state index in [0.717, 1.165) is 11.1 Å². The Kier molecular flexibility index (Phi) is 7.01. The molecule has 0 aromatic heterocycles. The fourth-order valence-electron chi connectivity index (χ4n) is 3.33. The van der Waals surface area contributed by atoms with Crippen molar-refractivity contribution in [1.29, 1.82) is 0 Å². The molecule has 6 heteroatoms. The van der Waals surface area contributed by atoms with Crippen LogP contribution >= 0.6 is 0 Å². The lowest BCUT2D eigenvalue weighted by Crippen LogP contribution is -2.15. The van der Waals surface area contributed by atoms with Gasteiger partial charge in [0.1, 0.15) is 36.2 Å². The van der Waals surface area contributed by atoms with E-state index < -0.39 is 0 Å². The third kappa shape index (κ3) is 5.31. The third-order valence-corrected chi connectivity index (χ3v) is 5.07. The lowest BCUT2D eigenvalue weighted by Gasteiger charge is -2.19. The zero-order valence-electron chi connectivity index (χ0n) is 19.5. The molecule has 1 heterocycles. The predicted molar refractivity (Wildman–Crippen MR) is 128 cm³/mol. The largest absolute Gasteiger partial charge is 0.497 e. The smallest absolute Gasteiger partial charge is 0.162 e. The molecule has 4 rings (SSSR count). The highest BCUT2D eigenvalue weighted by molar-refractivity contribution is 5.62. The van der Waals surface area contributed by atoms with Crippen molar-refractivity contribution >= 4 is 0 Å². The highest BCUT2D eigenvalue weighted by atomic mass is 16.6. The molecule has 34 heavy (non-hydrogen) atoms. The van der Waals surface area contributed by atoms with E-state index in [9.17, 15) is 0 Å². The van der Waals surface area contributed by atoms with Gasteiger partial charge in [-0.3, -0.25) is 0 Å². The van der Waals surface area contributed by atoms with Crippen LogP contribution in [0.5, 0.6) is 34.5 Å². The van der Waals surface area contributed by atoms with Crippen LogP contribution in [0.3, 0.4) is 0 Å². The van der Waals surface area contributed by atoms with Crippen molar-refractivity contribution in [2.45, 2.75) is 0 Å². The van der Waals surface area contributed by atoms with Crippen LogP contribution in [-0.4, -0.2) is 41.7 Å². The third-order valence-electron chi connectivity index (χ3n) is 5.07. The molecule has 0 unspecified atom stereocenters. The van der Waals surface area contributed by atoms with Gasteiger partial charge in [-0.2, -0.15) is 0 Å². The summed E-state index contributed by atoms with van der Waals surface area (Å²) in [5.74, 6) is 16.7. The van der Waals surface area contributed by atoms with E-state index in [2.05, 4.69) is 23.7 Å². The maximum absolute atomic E-state index is 5.75. The van der Waals surface area contributed by atoms with E-state index in [1.807, 2.05) is 36.4 Å². The summed E-state index contributed by atoms with van der Waals surface area (Å²) >= 11 is 0. The van der Waals surface area contributed by atoms with Crippen LogP contribution in [0, 0.1) is 23.7 Å². The van der Waals surface area contributed by atoms with Gasteiger partial charge in [0.25, 0.3) is 0 Å². The number of hydrogen-bond acceptors (Lipinski definition) is 6. The molecule has 0 saturated carbocycles. The fourth-order valence-corrected chi connectivity index (χ4v) is 3.33. The number of ether oxygens (including phenoxy) is 6. The zero-order valence-corrected chi connectivity index (χ0v) is 19.5. The Morgan fingerprint density at radius 3 is 1.18 bits per heavy atom. The normalized spacial score (nSPS) is 11.3. The van der Waals surface area contributed by atoms with Crippen LogP contribution < -0.4 is 28.4 Å². The highest BCUT2D eigenvalue weighted by Gasteiger charge is 2.14. The number of benzene rings is 3. The van der Waals surface area contributed by atoms with Crippen molar-refractivity contribution < 1.29 is 28.4 Å². The minimum absolute atomic E-state index is 0.488. The van der Waals surface area contributed by atoms with E-state index in [0.29, 0.717) is 58.8 Å². The van der Waals surface area contributed by atoms with Crippen molar-refractivity contribution in [3.05, 3.63) is 70.8 Å². The molecule has 0 aliphatic carbocycles. The summed E-state index contributed by atoms with van der Waals surface area (Å²) in [4.78, 5) is 0. The fraction of sp³-hybridized carbons (Fsp3) is 0.214. The molecular weight excluding hydrogens is 432 g/mol. The summed E-state index contributed by atoms with van der Waals surface area (Å²) in [6, 6.07) is 14.7. The van der Waals surface area contributed by atoms with Gasteiger partial charge >= 0.3 is 0 Å². The molecule has 0 amide bonds. The number of methoxy groups -OCH3 is 4. The van der Waals surface area contributed by atoms with E-state index in [1.165, 1.54) is 0 Å². The van der Waals surface area contributed by atoms with Crippen LogP contribution in [0.4, 0.5) is 0 Å². The SMILES string of the molecule is COc1cc(C#Cc2cc3c(cc2C#Cc2cc(OC)cc(OC)c2)OCCO3)cc(OC)c1. The second-order valence-corrected chi connectivity index (χ2v) is 7.24. The predicted octanol–water partition coefficient (Wildman–Crippen LogP) is 4.29. The molecule has 172 valence electrons. The van der Waals surface area contributed by atoms with Crippen molar-refractivity contribution in [1.82, 2.24) is 0 Å². The Balaban J connectivity index is 1.77. The first-order valence-electron chi connectivity index (χ1n) is 10.6. The standard InChI is InChI=1S/C28H24O6/c1-29-23-11-19(12-24(17-23)30-2)5-7-21-15-27-28(34-10-9-33-27)16-22(21)8-6-20-13-25(31-3)18-26(14-20)32-4/h11-18H,9-10H2,1-4H3. The Bertz CT molecular complexity index is 1170. The highest BCUT2D eigenvalue weighted by Crippen LogP contribution is 2.33. The first-order valence-corrected chi connectivity index (χ1v) is 10.6. The molecule has 0 atom stereocenters. The van der Waals surface area contributed by atoms with Gasteiger partial charge in [-0.15, -0.1) is 0 Å². The number of hydrogen-bond donors (Lipinski definition) is 0. The summed E-state index contributed by atoms with van der Waals surface area (Å²) in [5.41, 5.74) is 2.94. The first-order chi connectivity index (χ1) is 16.6. The van der Waals surface area contributed by atoms with Gasteiger partial charge in [0.05, 0.1) is 28.4 Å². The summed E-state index contributed by atoms with van der Waals surface area (Å²) in [6.45, 7) is 0.975. The summed E-state index contributed by atoms with van der Waals surface area (Å²) in [6.07, 6.45) is 0. The molecular formula is C28H24O6. The van der Waals surface area contributed by atoms with E-state index in [4.69, 9.17) is 28.4 Å². The minimum Gasteiger partial charge on any atom is -0.497 e. The molecule has 0 N–H and O–H groups in total. The molecule has 3 aromatic carbocycles. The van der Waals surface area contributed by atoms with Gasteiger partial charge in [-0.05, 0) is 24.3 Å². The van der Waals surface area contributed by atoms with Gasteiger partial charge in [0, 0.05) is 46.5 Å². The van der Waals surface area contributed by atoms with E-state index in [1.54, 1.807) is 40.6 Å². The summed E-state index contributed by atoms with van der Waals surface area (Å²) in [5, 5.41) is 0. The van der Waals surface area contributed by atoms with Gasteiger partial charge < -0.3 is 28.4 Å². The monoisotopic (exact) mass is 456 g/mol. The molecule has 1 aliphatic heterocycles. The summed E-state index contributed by atoms with van der Waals surface area (Å²) in [7, 11) is 6.42. The van der Waals surface area contributed by atoms with E-state index >= 15 is 0 Å². The molecule has 0 fully saturated rings. The lowest BCUT2D eigenvalue weighted by molar-refractivity contribution is 0.171. The second kappa shape index (κ2) is 10.5. The minimum atomic E-state index is 0.488. The van der Waals surface area contributed by atoms with Crippen LogP contribution in [0.2, 0.25) is 0 Å². The lowest BCUT2D eigenvalue weighted by atomic mass is 10.0. The number of rotatable bonds is 4. The zero-order chi connectivity index (χ0) is 23.9. The first kappa shape index (κ1) is 22.8. The molecule has 1 aliphatic rings. The van der Waals surface area contributed by atoms with Gasteiger partial charge in [0.15, 0.2) is 11.5 Å². The molecule has 0 saturated heterocycles. The molecule has 0 spiro atoms. The Hall–Kier alpha value is -4.42. The quantitative estimate of drug-likeness (QED) is 0.546. The molecule has 3 aromatic rings. The van der Waals surface area contributed by atoms with E-state index in [-0.39, 0.29) is 0 Å². The molecule has 0 bridgehead atoms. The van der Waals surface area contributed by atoms with Crippen molar-refractivity contribution in [3.8, 4) is 58.2 Å². The summed E-state index contributed by atoms with van der Waals surface area (Å²) < 4.78 is 32.9. The van der Waals surface area contributed by atoms with Crippen LogP contribution in [0.1, 0.15) is 22.3 Å². The van der Waals surface area contributed by atoms with Crippen molar-refractivity contribution in [3.63, 3.8) is 0 Å². The molecule has 0 radical (unpaired) electrons. The Morgan fingerprint density at radius 1 is 0.500 bits per heavy atom. The van der Waals surface area contributed by atoms with Gasteiger partial charge in [-0.1, -0.05) is 23.7 Å². The van der Waals surface area contributed by atoms with Crippen molar-refractivity contribution in [2.24, 2.45) is 0 Å². The van der Waals surface area contributed by atoms with Gasteiger partial charge in [-0.25, -0.2) is 0 Å². The second-order valence-electron chi connectivity index (χ2n) is 7.24. The van der Waals surface area contributed by atoms with Crippen LogP contribution in [0.25, 0.3) is 0 Å². The molecule has 6 nitrogen and oxygen atoms in total. The van der Waals surface area contributed by atoms with Crippen LogP contribution in [0.15, 0.2) is 48.5 Å². The number of fused-ring (bicyclic) bond motifs is 1. The topological polar surface area (TPSA) is 55.4 Å². The maximum Gasteiger partial charge on any atom is 0.162 e. The maximum atomic E-state index is 5.75.